The molecule has 0 bridgehead atoms. The van der Waals surface area contributed by atoms with Gasteiger partial charge in [-0.2, -0.15) is 0 Å². The van der Waals surface area contributed by atoms with Crippen molar-refractivity contribution in [3.05, 3.63) is 59.7 Å². The van der Waals surface area contributed by atoms with Crippen LogP contribution in [-0.4, -0.2) is 60.1 Å². The predicted molar refractivity (Wildman–Crippen MR) is 115 cm³/mol. The number of sulfonamides is 1. The van der Waals surface area contributed by atoms with E-state index < -0.39 is 10.0 Å². The van der Waals surface area contributed by atoms with Gasteiger partial charge in [-0.1, -0.05) is 12.1 Å². The monoisotopic (exact) mass is 419 g/mol. The fraction of sp³-hybridized carbons (Fsp3) is 0.381. The largest absolute Gasteiger partial charge is 0.383 e. The third-order valence-electron chi connectivity index (χ3n) is 4.50. The average Bonchev–Trinajstić information content (AvgIpc) is 2.72. The van der Waals surface area contributed by atoms with Crippen molar-refractivity contribution >= 4 is 21.6 Å². The molecule has 2 aromatic carbocycles. The Morgan fingerprint density at radius 2 is 1.66 bits per heavy atom. The summed E-state index contributed by atoms with van der Waals surface area (Å²) in [4.78, 5) is 16.7. The van der Waals surface area contributed by atoms with Crippen LogP contribution in [0.25, 0.3) is 0 Å². The molecule has 7 nitrogen and oxygen atoms in total. The van der Waals surface area contributed by atoms with Gasteiger partial charge in [0.2, 0.25) is 10.0 Å². The molecule has 0 unspecified atom stereocenters. The van der Waals surface area contributed by atoms with E-state index in [-0.39, 0.29) is 24.0 Å². The highest BCUT2D eigenvalue weighted by molar-refractivity contribution is 7.89. The maximum absolute atomic E-state index is 12.9. The summed E-state index contributed by atoms with van der Waals surface area (Å²) in [6.45, 7) is 3.44. The van der Waals surface area contributed by atoms with E-state index in [0.717, 1.165) is 11.3 Å². The molecule has 2 aromatic rings. The van der Waals surface area contributed by atoms with Gasteiger partial charge < -0.3 is 14.5 Å². The SMILES string of the molecule is CCN(Cc1ccc(N(C)C)cc1)C(=O)c1ccc(S(=O)(=O)NCCOC)cc1. The summed E-state index contributed by atoms with van der Waals surface area (Å²) in [5.74, 6) is -0.138. The molecule has 1 amide bonds. The van der Waals surface area contributed by atoms with Crippen LogP contribution in [0.5, 0.6) is 0 Å². The second-order valence-corrected chi connectivity index (χ2v) is 8.56. The van der Waals surface area contributed by atoms with Gasteiger partial charge in [-0.15, -0.1) is 0 Å². The van der Waals surface area contributed by atoms with Crippen molar-refractivity contribution in [2.24, 2.45) is 0 Å². The molecule has 0 aromatic heterocycles. The molecule has 0 saturated carbocycles. The van der Waals surface area contributed by atoms with Gasteiger partial charge >= 0.3 is 0 Å². The van der Waals surface area contributed by atoms with Crippen molar-refractivity contribution in [3.8, 4) is 0 Å². The molecule has 0 radical (unpaired) electrons. The van der Waals surface area contributed by atoms with E-state index in [2.05, 4.69) is 4.72 Å². The molecule has 8 heteroatoms. The van der Waals surface area contributed by atoms with Crippen molar-refractivity contribution in [3.63, 3.8) is 0 Å². The maximum Gasteiger partial charge on any atom is 0.254 e. The molecular formula is C21H29N3O4S. The van der Waals surface area contributed by atoms with Crippen molar-refractivity contribution in [1.29, 1.82) is 0 Å². The number of anilines is 1. The fourth-order valence-electron chi connectivity index (χ4n) is 2.77. The van der Waals surface area contributed by atoms with Gasteiger partial charge in [0.25, 0.3) is 5.91 Å². The Balaban J connectivity index is 2.09. The smallest absolute Gasteiger partial charge is 0.254 e. The standard InChI is InChI=1S/C21H29N3O4S/c1-5-24(16-17-6-10-19(11-7-17)23(2)3)21(25)18-8-12-20(13-9-18)29(26,27)22-14-15-28-4/h6-13,22H,5,14-16H2,1-4H3. The van der Waals surface area contributed by atoms with Crippen LogP contribution in [0.15, 0.2) is 53.4 Å². The molecule has 1 N–H and O–H groups in total. The van der Waals surface area contributed by atoms with E-state index in [0.29, 0.717) is 18.7 Å². The number of ether oxygens (including phenoxy) is 1. The van der Waals surface area contributed by atoms with Gasteiger partial charge in [-0.25, -0.2) is 13.1 Å². The number of amides is 1. The summed E-state index contributed by atoms with van der Waals surface area (Å²) < 4.78 is 31.8. The third-order valence-corrected chi connectivity index (χ3v) is 5.98. The van der Waals surface area contributed by atoms with Crippen LogP contribution in [0.3, 0.4) is 0 Å². The highest BCUT2D eigenvalue weighted by atomic mass is 32.2. The van der Waals surface area contributed by atoms with Crippen LogP contribution in [-0.2, 0) is 21.3 Å². The first-order valence-corrected chi connectivity index (χ1v) is 10.9. The summed E-state index contributed by atoms with van der Waals surface area (Å²) >= 11 is 0. The molecular weight excluding hydrogens is 390 g/mol. The third kappa shape index (κ3) is 6.28. The number of carbonyl (C=O) groups excluding carboxylic acids is 1. The summed E-state index contributed by atoms with van der Waals surface area (Å²) in [7, 11) is 1.85. The number of hydrogen-bond donors (Lipinski definition) is 1. The number of nitrogens with zero attached hydrogens (tertiary/aromatic N) is 2. The van der Waals surface area contributed by atoms with Crippen LogP contribution in [0, 0.1) is 0 Å². The Labute approximate surface area is 173 Å². The molecule has 2 rings (SSSR count). The minimum atomic E-state index is -3.62. The second-order valence-electron chi connectivity index (χ2n) is 6.80. The topological polar surface area (TPSA) is 79.0 Å². The molecule has 0 aliphatic rings. The number of nitrogens with one attached hydrogen (secondary N) is 1. The maximum atomic E-state index is 12.9. The molecule has 158 valence electrons. The first-order chi connectivity index (χ1) is 13.8. The minimum Gasteiger partial charge on any atom is -0.383 e. The summed E-state index contributed by atoms with van der Waals surface area (Å²) in [6, 6.07) is 14.0. The lowest BCUT2D eigenvalue weighted by Crippen LogP contribution is -2.30. The van der Waals surface area contributed by atoms with Crippen LogP contribution in [0.1, 0.15) is 22.8 Å². The van der Waals surface area contributed by atoms with Crippen LogP contribution in [0.2, 0.25) is 0 Å². The molecule has 0 atom stereocenters. The van der Waals surface area contributed by atoms with Crippen LogP contribution < -0.4 is 9.62 Å². The van der Waals surface area contributed by atoms with E-state index in [1.54, 1.807) is 17.0 Å². The Morgan fingerprint density at radius 1 is 1.03 bits per heavy atom. The number of rotatable bonds is 10. The van der Waals surface area contributed by atoms with Crippen molar-refractivity contribution in [1.82, 2.24) is 9.62 Å². The molecule has 29 heavy (non-hydrogen) atoms. The van der Waals surface area contributed by atoms with Gasteiger partial charge in [0.1, 0.15) is 0 Å². The molecule has 0 fully saturated rings. The number of benzene rings is 2. The lowest BCUT2D eigenvalue weighted by atomic mass is 10.1. The quantitative estimate of drug-likeness (QED) is 0.598. The zero-order valence-electron chi connectivity index (χ0n) is 17.4. The van der Waals surface area contributed by atoms with Gasteiger partial charge in [0.05, 0.1) is 11.5 Å². The summed E-state index contributed by atoms with van der Waals surface area (Å²) in [5.41, 5.74) is 2.58. The van der Waals surface area contributed by atoms with E-state index in [1.165, 1.54) is 19.2 Å². The van der Waals surface area contributed by atoms with Crippen LogP contribution in [0.4, 0.5) is 5.69 Å². The Hall–Kier alpha value is -2.42. The molecule has 0 aliphatic heterocycles. The first kappa shape index (κ1) is 22.9. The molecule has 0 spiro atoms. The van der Waals surface area contributed by atoms with Gasteiger partial charge in [-0.05, 0) is 48.9 Å². The zero-order valence-corrected chi connectivity index (χ0v) is 18.2. The van der Waals surface area contributed by atoms with E-state index in [9.17, 15) is 13.2 Å². The van der Waals surface area contributed by atoms with Gasteiger partial charge in [0, 0.05) is 52.1 Å². The Bertz CT molecular complexity index is 895. The molecule has 0 aliphatic carbocycles. The minimum absolute atomic E-state index is 0.118. The van der Waals surface area contributed by atoms with Crippen molar-refractivity contribution < 1.29 is 17.9 Å². The van der Waals surface area contributed by atoms with E-state index in [1.807, 2.05) is 50.2 Å². The molecule has 0 saturated heterocycles. The lowest BCUT2D eigenvalue weighted by molar-refractivity contribution is 0.0752. The summed E-state index contributed by atoms with van der Waals surface area (Å²) in [5, 5.41) is 0. The highest BCUT2D eigenvalue weighted by Crippen LogP contribution is 2.16. The Morgan fingerprint density at radius 3 is 2.17 bits per heavy atom. The van der Waals surface area contributed by atoms with Crippen LogP contribution >= 0.6 is 0 Å². The zero-order chi connectivity index (χ0) is 21.4. The van der Waals surface area contributed by atoms with Crippen molar-refractivity contribution in [2.75, 3.05) is 45.8 Å². The summed E-state index contributed by atoms with van der Waals surface area (Å²) in [6.07, 6.45) is 0. The average molecular weight is 420 g/mol. The van der Waals surface area contributed by atoms with Crippen molar-refractivity contribution in [2.45, 2.75) is 18.4 Å². The second kappa shape index (κ2) is 10.4. The number of hydrogen-bond acceptors (Lipinski definition) is 5. The van der Waals surface area contributed by atoms with E-state index in [4.69, 9.17) is 4.74 Å². The lowest BCUT2D eigenvalue weighted by Gasteiger charge is -2.22. The van der Waals surface area contributed by atoms with Gasteiger partial charge in [0.15, 0.2) is 0 Å². The highest BCUT2D eigenvalue weighted by Gasteiger charge is 2.17. The Kier molecular flexibility index (Phi) is 8.19. The van der Waals surface area contributed by atoms with E-state index >= 15 is 0 Å². The molecule has 0 heterocycles. The first-order valence-electron chi connectivity index (χ1n) is 9.42. The number of carbonyl (C=O) groups is 1. The number of methoxy groups -OCH3 is 1. The fourth-order valence-corrected chi connectivity index (χ4v) is 3.78. The predicted octanol–water partition coefficient (Wildman–Crippen LogP) is 2.34. The normalized spacial score (nSPS) is 11.3. The van der Waals surface area contributed by atoms with Gasteiger partial charge in [-0.3, -0.25) is 4.79 Å².